The fourth-order valence-electron chi connectivity index (χ4n) is 1.31. The zero-order chi connectivity index (χ0) is 8.27. The summed E-state index contributed by atoms with van der Waals surface area (Å²) in [6.07, 6.45) is 1.05. The van der Waals surface area contributed by atoms with Gasteiger partial charge in [0.2, 0.25) is 5.91 Å². The van der Waals surface area contributed by atoms with Crippen LogP contribution in [0.3, 0.4) is 0 Å². The van der Waals surface area contributed by atoms with E-state index in [2.05, 4.69) is 24.5 Å². The number of rotatable bonds is 2. The number of hydrogen-bond donors (Lipinski definition) is 2. The molecule has 3 heteroatoms. The van der Waals surface area contributed by atoms with Crippen molar-refractivity contribution in [3.05, 3.63) is 0 Å². The molecule has 1 rings (SSSR count). The van der Waals surface area contributed by atoms with Crippen molar-refractivity contribution in [2.45, 2.75) is 26.3 Å². The number of piperazine rings is 1. The molecule has 1 amide bonds. The molecule has 0 saturated carbocycles. The molecule has 0 bridgehead atoms. The highest BCUT2D eigenvalue weighted by Gasteiger charge is 2.25. The molecule has 2 N–H and O–H groups in total. The molecule has 11 heavy (non-hydrogen) atoms. The van der Waals surface area contributed by atoms with E-state index < -0.39 is 0 Å². The number of carbonyl (C=O) groups is 1. The molecule has 0 aromatic heterocycles. The van der Waals surface area contributed by atoms with Crippen LogP contribution in [0.15, 0.2) is 0 Å². The van der Waals surface area contributed by atoms with Crippen LogP contribution >= 0.6 is 0 Å². The zero-order valence-corrected chi connectivity index (χ0v) is 7.18. The first kappa shape index (κ1) is 8.53. The van der Waals surface area contributed by atoms with Gasteiger partial charge in [-0.2, -0.15) is 0 Å². The maximum Gasteiger partial charge on any atom is 0.237 e. The minimum atomic E-state index is 0.0359. The summed E-state index contributed by atoms with van der Waals surface area (Å²) in [6, 6.07) is 0.0359. The third-order valence-electron chi connectivity index (χ3n) is 2.28. The van der Waals surface area contributed by atoms with Crippen LogP contribution in [0.5, 0.6) is 0 Å². The first-order valence-corrected chi connectivity index (χ1v) is 4.26. The molecule has 1 aliphatic rings. The monoisotopic (exact) mass is 156 g/mol. The molecular formula is C8H16N2O. The first-order valence-electron chi connectivity index (χ1n) is 4.26. The van der Waals surface area contributed by atoms with Crippen LogP contribution in [-0.2, 0) is 4.79 Å². The molecule has 0 aromatic rings. The Morgan fingerprint density at radius 1 is 1.64 bits per heavy atom. The smallest absolute Gasteiger partial charge is 0.237 e. The molecule has 0 radical (unpaired) electrons. The van der Waals surface area contributed by atoms with Gasteiger partial charge in [-0.05, 0) is 5.92 Å². The lowest BCUT2D eigenvalue weighted by atomic mass is 9.97. The summed E-state index contributed by atoms with van der Waals surface area (Å²) >= 11 is 0. The van der Waals surface area contributed by atoms with Crippen molar-refractivity contribution >= 4 is 5.91 Å². The molecule has 0 aliphatic carbocycles. The minimum absolute atomic E-state index is 0.0359. The second-order valence-electron chi connectivity index (χ2n) is 3.11. The highest BCUT2D eigenvalue weighted by Crippen LogP contribution is 2.08. The van der Waals surface area contributed by atoms with Gasteiger partial charge < -0.3 is 10.6 Å². The van der Waals surface area contributed by atoms with E-state index in [9.17, 15) is 4.79 Å². The first-order chi connectivity index (χ1) is 5.25. The number of nitrogens with one attached hydrogen (secondary N) is 2. The average Bonchev–Trinajstić information content (AvgIpc) is 2.04. The van der Waals surface area contributed by atoms with Gasteiger partial charge in [-0.1, -0.05) is 20.3 Å². The summed E-state index contributed by atoms with van der Waals surface area (Å²) in [5.74, 6) is 0.598. The van der Waals surface area contributed by atoms with Gasteiger partial charge in [0.25, 0.3) is 0 Å². The molecule has 0 aromatic carbocycles. The minimum Gasteiger partial charge on any atom is -0.353 e. The molecule has 1 saturated heterocycles. The van der Waals surface area contributed by atoms with E-state index in [1.165, 1.54) is 0 Å². The Hall–Kier alpha value is -0.570. The molecule has 2 atom stereocenters. The van der Waals surface area contributed by atoms with E-state index in [0.717, 1.165) is 19.5 Å². The Morgan fingerprint density at radius 2 is 2.36 bits per heavy atom. The van der Waals surface area contributed by atoms with Gasteiger partial charge >= 0.3 is 0 Å². The third kappa shape index (κ3) is 1.93. The van der Waals surface area contributed by atoms with E-state index in [-0.39, 0.29) is 11.9 Å². The summed E-state index contributed by atoms with van der Waals surface area (Å²) in [5, 5.41) is 6.05. The van der Waals surface area contributed by atoms with Gasteiger partial charge in [0.15, 0.2) is 0 Å². The van der Waals surface area contributed by atoms with E-state index >= 15 is 0 Å². The van der Waals surface area contributed by atoms with E-state index in [1.807, 2.05) is 0 Å². The predicted octanol–water partition coefficient (Wildman–Crippen LogP) is 0.120. The topological polar surface area (TPSA) is 41.1 Å². The van der Waals surface area contributed by atoms with Crippen LogP contribution in [0, 0.1) is 5.92 Å². The maximum atomic E-state index is 11.2. The highest BCUT2D eigenvalue weighted by molar-refractivity contribution is 5.82. The van der Waals surface area contributed by atoms with Crippen molar-refractivity contribution in [1.29, 1.82) is 0 Å². The predicted molar refractivity (Wildman–Crippen MR) is 44.3 cm³/mol. The Labute approximate surface area is 67.5 Å². The molecule has 3 nitrogen and oxygen atoms in total. The largest absolute Gasteiger partial charge is 0.353 e. The summed E-state index contributed by atoms with van der Waals surface area (Å²) in [4.78, 5) is 11.2. The Bertz CT molecular complexity index is 147. The lowest BCUT2D eigenvalue weighted by Gasteiger charge is -2.27. The Balaban J connectivity index is 2.47. The van der Waals surface area contributed by atoms with E-state index in [1.54, 1.807) is 0 Å². The van der Waals surface area contributed by atoms with Gasteiger partial charge in [-0.25, -0.2) is 0 Å². The van der Waals surface area contributed by atoms with Crippen molar-refractivity contribution in [3.63, 3.8) is 0 Å². The zero-order valence-electron chi connectivity index (χ0n) is 7.18. The quantitative estimate of drug-likeness (QED) is 0.596. The highest BCUT2D eigenvalue weighted by atomic mass is 16.2. The van der Waals surface area contributed by atoms with E-state index in [0.29, 0.717) is 5.92 Å². The van der Waals surface area contributed by atoms with Gasteiger partial charge in [-0.3, -0.25) is 4.79 Å². The molecule has 1 unspecified atom stereocenters. The van der Waals surface area contributed by atoms with Gasteiger partial charge in [0, 0.05) is 13.1 Å². The van der Waals surface area contributed by atoms with Gasteiger partial charge in [0.1, 0.15) is 0 Å². The average molecular weight is 156 g/mol. The van der Waals surface area contributed by atoms with Gasteiger partial charge in [-0.15, -0.1) is 0 Å². The lowest BCUT2D eigenvalue weighted by molar-refractivity contribution is -0.125. The summed E-state index contributed by atoms with van der Waals surface area (Å²) < 4.78 is 0. The van der Waals surface area contributed by atoms with Crippen LogP contribution in [0.25, 0.3) is 0 Å². The molecule has 1 heterocycles. The second kappa shape index (κ2) is 3.72. The second-order valence-corrected chi connectivity index (χ2v) is 3.11. The Morgan fingerprint density at radius 3 is 2.91 bits per heavy atom. The Kier molecular flexibility index (Phi) is 2.88. The molecule has 1 fully saturated rings. The van der Waals surface area contributed by atoms with E-state index in [4.69, 9.17) is 0 Å². The SMILES string of the molecule is CCC(C)[C@@H]1NCCNC1=O. The standard InChI is InChI=1S/C8H16N2O/c1-3-6(2)7-8(11)10-5-4-9-7/h6-7,9H,3-5H2,1-2H3,(H,10,11)/t6?,7-/m0/s1. The fourth-order valence-corrected chi connectivity index (χ4v) is 1.31. The number of hydrogen-bond acceptors (Lipinski definition) is 2. The normalized spacial score (nSPS) is 27.8. The summed E-state index contributed by atoms with van der Waals surface area (Å²) in [7, 11) is 0. The molecular weight excluding hydrogens is 140 g/mol. The van der Waals surface area contributed by atoms with Crippen LogP contribution < -0.4 is 10.6 Å². The van der Waals surface area contributed by atoms with Crippen molar-refractivity contribution in [2.75, 3.05) is 13.1 Å². The van der Waals surface area contributed by atoms with Crippen molar-refractivity contribution in [1.82, 2.24) is 10.6 Å². The van der Waals surface area contributed by atoms with Crippen LogP contribution in [-0.4, -0.2) is 25.0 Å². The number of carbonyl (C=O) groups excluding carboxylic acids is 1. The summed E-state index contributed by atoms with van der Waals surface area (Å²) in [5.41, 5.74) is 0. The summed E-state index contributed by atoms with van der Waals surface area (Å²) in [6.45, 7) is 5.88. The van der Waals surface area contributed by atoms with Crippen molar-refractivity contribution < 1.29 is 4.79 Å². The molecule has 64 valence electrons. The van der Waals surface area contributed by atoms with Crippen LogP contribution in [0.4, 0.5) is 0 Å². The molecule has 0 spiro atoms. The van der Waals surface area contributed by atoms with Crippen molar-refractivity contribution in [2.24, 2.45) is 5.92 Å². The lowest BCUT2D eigenvalue weighted by Crippen LogP contribution is -2.55. The fraction of sp³-hybridized carbons (Fsp3) is 0.875. The maximum absolute atomic E-state index is 11.2. The third-order valence-corrected chi connectivity index (χ3v) is 2.28. The van der Waals surface area contributed by atoms with Gasteiger partial charge in [0.05, 0.1) is 6.04 Å². The number of amides is 1. The van der Waals surface area contributed by atoms with Crippen molar-refractivity contribution in [3.8, 4) is 0 Å². The van der Waals surface area contributed by atoms with Crippen LogP contribution in [0.2, 0.25) is 0 Å². The molecule has 1 aliphatic heterocycles. The van der Waals surface area contributed by atoms with Crippen LogP contribution in [0.1, 0.15) is 20.3 Å².